The van der Waals surface area contributed by atoms with Gasteiger partial charge in [0, 0.05) is 11.1 Å². The third-order valence-corrected chi connectivity index (χ3v) is 6.53. The van der Waals surface area contributed by atoms with Gasteiger partial charge in [-0.15, -0.1) is 0 Å². The minimum absolute atomic E-state index is 0.209. The van der Waals surface area contributed by atoms with E-state index in [0.29, 0.717) is 28.3 Å². The Kier molecular flexibility index (Phi) is 5.75. The number of hydrogen-bond donors (Lipinski definition) is 1. The van der Waals surface area contributed by atoms with Crippen molar-refractivity contribution >= 4 is 28.2 Å². The Bertz CT molecular complexity index is 1440. The molecule has 1 heterocycles. The first kappa shape index (κ1) is 22.6. The number of aliphatic hydroxyl groups is 1. The van der Waals surface area contributed by atoms with Crippen molar-refractivity contribution in [1.29, 1.82) is 0 Å². The van der Waals surface area contributed by atoms with E-state index in [0.717, 1.165) is 16.3 Å². The standard InChI is InChI=1S/C29H25NO5/c1-34-26-15-14-19(16-27(26)35-2)18-30-24-13-6-5-12-23(24)29(33,28(30)32)17-25(31)22-11-7-9-20-8-3-4-10-21(20)22/h3-16,33H,17-18H2,1-2H3. The molecule has 1 atom stereocenters. The van der Waals surface area contributed by atoms with Gasteiger partial charge in [-0.05, 0) is 34.5 Å². The number of nitrogens with zero attached hydrogens (tertiary/aromatic N) is 1. The molecule has 35 heavy (non-hydrogen) atoms. The number of rotatable bonds is 7. The number of para-hydroxylation sites is 1. The molecule has 0 fully saturated rings. The number of carbonyl (C=O) groups excluding carboxylic acids is 2. The fourth-order valence-corrected chi connectivity index (χ4v) is 4.79. The zero-order valence-corrected chi connectivity index (χ0v) is 19.5. The predicted molar refractivity (Wildman–Crippen MR) is 134 cm³/mol. The molecule has 0 spiro atoms. The summed E-state index contributed by atoms with van der Waals surface area (Å²) in [5.74, 6) is 0.315. The smallest absolute Gasteiger partial charge is 0.264 e. The van der Waals surface area contributed by atoms with Crippen LogP contribution in [-0.4, -0.2) is 31.0 Å². The van der Waals surface area contributed by atoms with Crippen molar-refractivity contribution in [2.75, 3.05) is 19.1 Å². The molecule has 176 valence electrons. The van der Waals surface area contributed by atoms with Crippen molar-refractivity contribution in [1.82, 2.24) is 0 Å². The lowest BCUT2D eigenvalue weighted by Gasteiger charge is -2.23. The molecule has 0 bridgehead atoms. The lowest BCUT2D eigenvalue weighted by atomic mass is 9.87. The van der Waals surface area contributed by atoms with Crippen LogP contribution < -0.4 is 14.4 Å². The van der Waals surface area contributed by atoms with Crippen molar-refractivity contribution in [2.24, 2.45) is 0 Å². The van der Waals surface area contributed by atoms with Gasteiger partial charge in [-0.25, -0.2) is 0 Å². The van der Waals surface area contributed by atoms with E-state index in [1.807, 2.05) is 48.5 Å². The van der Waals surface area contributed by atoms with Crippen LogP contribution in [0.4, 0.5) is 5.69 Å². The molecule has 6 heteroatoms. The van der Waals surface area contributed by atoms with Gasteiger partial charge in [-0.3, -0.25) is 9.59 Å². The summed E-state index contributed by atoms with van der Waals surface area (Å²) in [4.78, 5) is 28.6. The van der Waals surface area contributed by atoms with Crippen LogP contribution in [0, 0.1) is 0 Å². The van der Waals surface area contributed by atoms with Crippen LogP contribution in [0.2, 0.25) is 0 Å². The summed E-state index contributed by atoms with van der Waals surface area (Å²) in [6, 6.07) is 25.6. The summed E-state index contributed by atoms with van der Waals surface area (Å²) in [5.41, 5.74) is 0.344. The number of hydrogen-bond acceptors (Lipinski definition) is 5. The van der Waals surface area contributed by atoms with Crippen LogP contribution in [0.3, 0.4) is 0 Å². The highest BCUT2D eigenvalue weighted by Crippen LogP contribution is 2.44. The van der Waals surface area contributed by atoms with E-state index < -0.39 is 11.5 Å². The average Bonchev–Trinajstić information content (AvgIpc) is 3.10. The molecule has 0 saturated heterocycles. The third kappa shape index (κ3) is 3.82. The minimum atomic E-state index is -1.96. The Morgan fingerprint density at radius 1 is 0.886 bits per heavy atom. The Hall–Kier alpha value is -4.16. The topological polar surface area (TPSA) is 76.1 Å². The molecule has 4 aromatic carbocycles. The van der Waals surface area contributed by atoms with Crippen molar-refractivity contribution in [3.8, 4) is 11.5 Å². The van der Waals surface area contributed by atoms with Crippen molar-refractivity contribution in [3.63, 3.8) is 0 Å². The number of ketones is 1. The van der Waals surface area contributed by atoms with Crippen molar-refractivity contribution in [3.05, 3.63) is 102 Å². The van der Waals surface area contributed by atoms with Crippen molar-refractivity contribution in [2.45, 2.75) is 18.6 Å². The molecule has 1 aliphatic heterocycles. The fourth-order valence-electron chi connectivity index (χ4n) is 4.79. The van der Waals surface area contributed by atoms with Gasteiger partial charge in [0.2, 0.25) is 0 Å². The average molecular weight is 468 g/mol. The summed E-state index contributed by atoms with van der Waals surface area (Å²) >= 11 is 0. The van der Waals surface area contributed by atoms with Crippen LogP contribution in [0.1, 0.15) is 27.9 Å². The number of benzene rings is 4. The molecular weight excluding hydrogens is 442 g/mol. The molecule has 1 aliphatic rings. The quantitative estimate of drug-likeness (QED) is 0.393. The Morgan fingerprint density at radius 2 is 1.60 bits per heavy atom. The Labute approximate surface area is 203 Å². The van der Waals surface area contributed by atoms with Crippen molar-refractivity contribution < 1.29 is 24.2 Å². The summed E-state index contributed by atoms with van der Waals surface area (Å²) in [6.07, 6.45) is -0.348. The van der Waals surface area contributed by atoms with E-state index in [2.05, 4.69) is 0 Å². The van der Waals surface area contributed by atoms with Gasteiger partial charge in [-0.1, -0.05) is 66.7 Å². The molecule has 0 aliphatic carbocycles. The van der Waals surface area contributed by atoms with Gasteiger partial charge in [-0.2, -0.15) is 0 Å². The Balaban J connectivity index is 1.49. The summed E-state index contributed by atoms with van der Waals surface area (Å²) in [7, 11) is 3.11. The molecule has 4 aromatic rings. The molecule has 5 rings (SSSR count). The van der Waals surface area contributed by atoms with E-state index in [1.54, 1.807) is 50.6 Å². The van der Waals surface area contributed by atoms with Crippen LogP contribution >= 0.6 is 0 Å². The molecule has 0 saturated carbocycles. The number of anilines is 1. The van der Waals surface area contributed by atoms with Crippen LogP contribution in [0.5, 0.6) is 11.5 Å². The molecule has 1 N–H and O–H groups in total. The highest BCUT2D eigenvalue weighted by Gasteiger charge is 2.50. The highest BCUT2D eigenvalue weighted by molar-refractivity contribution is 6.13. The Morgan fingerprint density at radius 3 is 2.40 bits per heavy atom. The number of Topliss-reactive ketones (excluding diaryl/α,β-unsaturated/α-hetero) is 1. The lowest BCUT2D eigenvalue weighted by molar-refractivity contribution is -0.136. The van der Waals surface area contributed by atoms with Crippen LogP contribution in [0.15, 0.2) is 84.9 Å². The number of carbonyl (C=O) groups is 2. The zero-order chi connectivity index (χ0) is 24.6. The molecular formula is C29H25NO5. The van der Waals surface area contributed by atoms with Gasteiger partial charge in [0.05, 0.1) is 32.9 Å². The van der Waals surface area contributed by atoms with E-state index in [9.17, 15) is 14.7 Å². The number of methoxy groups -OCH3 is 2. The van der Waals surface area contributed by atoms with Gasteiger partial charge in [0.15, 0.2) is 22.9 Å². The first-order chi connectivity index (χ1) is 17.0. The fraction of sp³-hybridized carbons (Fsp3) is 0.172. The third-order valence-electron chi connectivity index (χ3n) is 6.53. The maximum absolute atomic E-state index is 13.7. The predicted octanol–water partition coefficient (Wildman–Crippen LogP) is 4.86. The van der Waals surface area contributed by atoms with Gasteiger partial charge in [0.25, 0.3) is 5.91 Å². The normalized spacial score (nSPS) is 16.9. The maximum Gasteiger partial charge on any atom is 0.264 e. The zero-order valence-electron chi connectivity index (χ0n) is 19.5. The minimum Gasteiger partial charge on any atom is -0.493 e. The van der Waals surface area contributed by atoms with Crippen LogP contribution in [0.25, 0.3) is 10.8 Å². The lowest BCUT2D eigenvalue weighted by Crippen LogP contribution is -2.41. The first-order valence-corrected chi connectivity index (χ1v) is 11.3. The van der Waals surface area contributed by atoms with E-state index in [1.165, 1.54) is 4.90 Å². The molecule has 1 unspecified atom stereocenters. The van der Waals surface area contributed by atoms with Gasteiger partial charge < -0.3 is 19.5 Å². The molecule has 0 aromatic heterocycles. The second-order valence-electron chi connectivity index (χ2n) is 8.58. The monoisotopic (exact) mass is 467 g/mol. The SMILES string of the molecule is COc1ccc(CN2C(=O)C(O)(CC(=O)c3cccc4ccccc34)c3ccccc32)cc1OC. The number of ether oxygens (including phenoxy) is 2. The largest absolute Gasteiger partial charge is 0.493 e. The van der Waals surface area contributed by atoms with Gasteiger partial charge in [0.1, 0.15) is 0 Å². The molecule has 6 nitrogen and oxygen atoms in total. The molecule has 1 amide bonds. The van der Waals surface area contributed by atoms with Gasteiger partial charge >= 0.3 is 0 Å². The molecule has 0 radical (unpaired) electrons. The van der Waals surface area contributed by atoms with Crippen LogP contribution in [-0.2, 0) is 16.9 Å². The highest BCUT2D eigenvalue weighted by atomic mass is 16.5. The number of fused-ring (bicyclic) bond motifs is 2. The summed E-state index contributed by atoms with van der Waals surface area (Å²) in [5, 5.41) is 13.4. The summed E-state index contributed by atoms with van der Waals surface area (Å²) in [6.45, 7) is 0.209. The van der Waals surface area contributed by atoms with E-state index >= 15 is 0 Å². The summed E-state index contributed by atoms with van der Waals surface area (Å²) < 4.78 is 10.7. The first-order valence-electron chi connectivity index (χ1n) is 11.3. The maximum atomic E-state index is 13.7. The second-order valence-corrected chi connectivity index (χ2v) is 8.58. The van der Waals surface area contributed by atoms with E-state index in [4.69, 9.17) is 9.47 Å². The second kappa shape index (κ2) is 8.89. The van der Waals surface area contributed by atoms with E-state index in [-0.39, 0.29) is 18.7 Å². The number of amides is 1.